The van der Waals surface area contributed by atoms with Crippen LogP contribution in [0.3, 0.4) is 0 Å². The standard InChI is InChI=1S/C41H57FN8O6.2C2H6/c1-41(2,3)56-40(54)43-12-24-55-25-23-46-13-10-30(11-14-46)28-47-15-17-48(18-16-47)29-37(51)49-19-21-50(22-20-49)39(53)34-26-31(8-9-35(34)42)27-36-32-6-4-5-7-33(32)38(52)45-44-36;2*1-2/h4-9,26,30H,10-25,27-29H2,1-3H3,(H,43,54)(H,45,52);2*1-2H3. The maximum absolute atomic E-state index is 15.0. The van der Waals surface area contributed by atoms with Crippen molar-refractivity contribution in [2.45, 2.75) is 73.3 Å². The number of fused-ring (bicyclic) bond motifs is 1. The van der Waals surface area contributed by atoms with Gasteiger partial charge in [0.2, 0.25) is 5.91 Å². The average molecular weight is 837 g/mol. The number of halogens is 1. The SMILES string of the molecule is CC.CC.CC(C)(C)OC(=O)NCCOCCN1CCC(CN2CCN(CC(=O)N3CCN(C(=O)c4cc(Cc5n[nH]c(=O)c6ccccc56)ccc4F)CC3)CC2)CC1. The van der Waals surface area contributed by atoms with E-state index in [0.717, 1.165) is 65.2 Å². The summed E-state index contributed by atoms with van der Waals surface area (Å²) in [5.41, 5.74) is 0.554. The van der Waals surface area contributed by atoms with Crippen LogP contribution in [-0.2, 0) is 20.7 Å². The number of rotatable bonds is 13. The Bertz CT molecular complexity index is 1860. The van der Waals surface area contributed by atoms with E-state index in [1.165, 1.54) is 6.07 Å². The number of likely N-dealkylation sites (tertiary alicyclic amines) is 1. The summed E-state index contributed by atoms with van der Waals surface area (Å²) in [6.45, 7) is 24.6. The Kier molecular flexibility index (Phi) is 19.4. The normalized spacial score (nSPS) is 17.0. The number of piperazine rings is 2. The summed E-state index contributed by atoms with van der Waals surface area (Å²) in [7, 11) is 0. The molecule has 2 aromatic carbocycles. The number of carbonyl (C=O) groups excluding carboxylic acids is 3. The van der Waals surface area contributed by atoms with E-state index in [4.69, 9.17) is 9.47 Å². The molecule has 60 heavy (non-hydrogen) atoms. The highest BCUT2D eigenvalue weighted by Crippen LogP contribution is 2.22. The number of nitrogens with zero attached hydrogens (tertiary/aromatic N) is 6. The van der Waals surface area contributed by atoms with Crippen molar-refractivity contribution in [2.75, 3.05) is 105 Å². The minimum atomic E-state index is -0.592. The molecule has 0 radical (unpaired) electrons. The highest BCUT2D eigenvalue weighted by atomic mass is 19.1. The second-order valence-electron chi connectivity index (χ2n) is 16.1. The minimum Gasteiger partial charge on any atom is -0.444 e. The lowest BCUT2D eigenvalue weighted by Crippen LogP contribution is -2.55. The number of aromatic nitrogens is 2. The number of amides is 3. The highest BCUT2D eigenvalue weighted by Gasteiger charge is 2.29. The van der Waals surface area contributed by atoms with Crippen molar-refractivity contribution in [2.24, 2.45) is 5.92 Å². The number of piperidine rings is 1. The van der Waals surface area contributed by atoms with Crippen LogP contribution in [0.25, 0.3) is 10.8 Å². The van der Waals surface area contributed by atoms with Gasteiger partial charge in [-0.15, -0.1) is 0 Å². The molecule has 4 heterocycles. The summed E-state index contributed by atoms with van der Waals surface area (Å²) in [4.78, 5) is 61.3. The first kappa shape index (κ1) is 48.2. The van der Waals surface area contributed by atoms with Gasteiger partial charge in [-0.2, -0.15) is 5.10 Å². The third-order valence-electron chi connectivity index (χ3n) is 10.8. The molecule has 3 amide bonds. The summed E-state index contributed by atoms with van der Waals surface area (Å²) in [6, 6.07) is 11.7. The predicted octanol–water partition coefficient (Wildman–Crippen LogP) is 4.86. The first-order chi connectivity index (χ1) is 28.9. The Morgan fingerprint density at radius 1 is 0.817 bits per heavy atom. The van der Waals surface area contributed by atoms with Crippen molar-refractivity contribution < 1.29 is 28.2 Å². The molecule has 3 aromatic rings. The molecule has 0 atom stereocenters. The zero-order valence-electron chi connectivity index (χ0n) is 37.1. The fraction of sp³-hybridized carbons (Fsp3) is 0.622. The van der Waals surface area contributed by atoms with Gasteiger partial charge in [-0.3, -0.25) is 19.3 Å². The zero-order chi connectivity index (χ0) is 43.7. The molecule has 0 unspecified atom stereocenters. The van der Waals surface area contributed by atoms with E-state index in [0.29, 0.717) is 86.9 Å². The maximum atomic E-state index is 15.0. The molecule has 0 spiro atoms. The van der Waals surface area contributed by atoms with Crippen molar-refractivity contribution in [1.82, 2.24) is 40.0 Å². The first-order valence-corrected chi connectivity index (χ1v) is 22.0. The summed E-state index contributed by atoms with van der Waals surface area (Å²) in [5, 5.41) is 10.7. The van der Waals surface area contributed by atoms with E-state index in [-0.39, 0.29) is 17.0 Å². The molecule has 0 bridgehead atoms. The van der Waals surface area contributed by atoms with Gasteiger partial charge < -0.3 is 34.4 Å². The molecule has 332 valence electrons. The number of hydrogen-bond donors (Lipinski definition) is 2. The fourth-order valence-corrected chi connectivity index (χ4v) is 7.69. The summed E-state index contributed by atoms with van der Waals surface area (Å²) < 4.78 is 25.9. The van der Waals surface area contributed by atoms with Crippen molar-refractivity contribution >= 4 is 28.7 Å². The third kappa shape index (κ3) is 14.6. The van der Waals surface area contributed by atoms with Crippen LogP contribution in [0, 0.1) is 11.7 Å². The van der Waals surface area contributed by atoms with Crippen LogP contribution in [0.15, 0.2) is 47.3 Å². The summed E-state index contributed by atoms with van der Waals surface area (Å²) in [5.74, 6) is -0.254. The molecule has 1 aromatic heterocycles. The quantitative estimate of drug-likeness (QED) is 0.229. The van der Waals surface area contributed by atoms with E-state index < -0.39 is 23.4 Å². The molecule has 14 nitrogen and oxygen atoms in total. The molecule has 6 rings (SSSR count). The lowest BCUT2D eigenvalue weighted by molar-refractivity contribution is -0.134. The smallest absolute Gasteiger partial charge is 0.407 e. The second-order valence-corrected chi connectivity index (χ2v) is 16.1. The molecule has 3 saturated heterocycles. The third-order valence-corrected chi connectivity index (χ3v) is 10.8. The Hall–Kier alpha value is -4.44. The van der Waals surface area contributed by atoms with Crippen molar-refractivity contribution in [1.29, 1.82) is 0 Å². The number of hydrogen-bond acceptors (Lipinski definition) is 10. The van der Waals surface area contributed by atoms with Crippen LogP contribution in [-0.4, -0.2) is 163 Å². The average Bonchev–Trinajstić information content (AvgIpc) is 3.25. The number of ether oxygens (including phenoxy) is 2. The van der Waals surface area contributed by atoms with E-state index in [2.05, 4.69) is 30.2 Å². The number of H-pyrrole nitrogens is 1. The lowest BCUT2D eigenvalue weighted by atomic mass is 9.96. The molecule has 15 heteroatoms. The highest BCUT2D eigenvalue weighted by molar-refractivity contribution is 5.95. The molecule has 3 aliphatic heterocycles. The Labute approximate surface area is 355 Å². The van der Waals surface area contributed by atoms with Gasteiger partial charge in [0.25, 0.3) is 11.5 Å². The Balaban J connectivity index is 0.00000193. The van der Waals surface area contributed by atoms with Crippen LogP contribution in [0.4, 0.5) is 9.18 Å². The predicted molar refractivity (Wildman–Crippen MR) is 234 cm³/mol. The summed E-state index contributed by atoms with van der Waals surface area (Å²) in [6.07, 6.45) is 2.23. The van der Waals surface area contributed by atoms with Crippen molar-refractivity contribution in [3.63, 3.8) is 0 Å². The fourth-order valence-electron chi connectivity index (χ4n) is 7.69. The first-order valence-electron chi connectivity index (χ1n) is 22.0. The Morgan fingerprint density at radius 2 is 1.45 bits per heavy atom. The number of carbonyl (C=O) groups is 3. The second kappa shape index (κ2) is 24.1. The van der Waals surface area contributed by atoms with Crippen LogP contribution in [0.5, 0.6) is 0 Å². The minimum absolute atomic E-state index is 0.00720. The zero-order valence-corrected chi connectivity index (χ0v) is 37.1. The van der Waals surface area contributed by atoms with E-state index in [1.54, 1.807) is 29.2 Å². The molecule has 0 saturated carbocycles. The summed E-state index contributed by atoms with van der Waals surface area (Å²) >= 11 is 0. The van der Waals surface area contributed by atoms with Gasteiger partial charge in [-0.1, -0.05) is 52.0 Å². The lowest BCUT2D eigenvalue weighted by Gasteiger charge is -2.40. The van der Waals surface area contributed by atoms with E-state index >= 15 is 0 Å². The van der Waals surface area contributed by atoms with Gasteiger partial charge >= 0.3 is 6.09 Å². The van der Waals surface area contributed by atoms with Crippen molar-refractivity contribution in [3.05, 3.63) is 75.5 Å². The van der Waals surface area contributed by atoms with Crippen LogP contribution >= 0.6 is 0 Å². The molecular formula is C45H69FN8O6. The molecule has 0 aliphatic carbocycles. The van der Waals surface area contributed by atoms with Crippen LogP contribution in [0.1, 0.15) is 82.9 Å². The molecule has 2 N–H and O–H groups in total. The Morgan fingerprint density at radius 3 is 2.12 bits per heavy atom. The number of aromatic amines is 1. The van der Waals surface area contributed by atoms with Crippen molar-refractivity contribution in [3.8, 4) is 0 Å². The van der Waals surface area contributed by atoms with Gasteiger partial charge in [0.05, 0.1) is 36.4 Å². The number of alkyl carbamates (subject to hydrolysis) is 1. The van der Waals surface area contributed by atoms with Crippen LogP contribution in [0.2, 0.25) is 0 Å². The van der Waals surface area contributed by atoms with Crippen LogP contribution < -0.4 is 10.9 Å². The topological polar surface area (TPSA) is 144 Å². The van der Waals surface area contributed by atoms with Gasteiger partial charge in [-0.05, 0) is 76.4 Å². The van der Waals surface area contributed by atoms with Gasteiger partial charge in [0, 0.05) is 83.8 Å². The number of benzene rings is 2. The van der Waals surface area contributed by atoms with E-state index in [1.807, 2.05) is 65.5 Å². The van der Waals surface area contributed by atoms with Gasteiger partial charge in [0.1, 0.15) is 11.4 Å². The number of nitrogens with one attached hydrogen (secondary N) is 2. The molecular weight excluding hydrogens is 768 g/mol. The largest absolute Gasteiger partial charge is 0.444 e. The molecule has 3 aliphatic rings. The molecule has 3 fully saturated rings. The van der Waals surface area contributed by atoms with Gasteiger partial charge in [0.15, 0.2) is 0 Å². The monoisotopic (exact) mass is 837 g/mol. The van der Waals surface area contributed by atoms with Gasteiger partial charge in [-0.25, -0.2) is 14.3 Å². The maximum Gasteiger partial charge on any atom is 0.407 e. The van der Waals surface area contributed by atoms with E-state index in [9.17, 15) is 23.6 Å².